The van der Waals surface area contributed by atoms with Crippen LogP contribution in [0, 0.1) is 5.92 Å². The number of sulfone groups is 1. The molecule has 3 rings (SSSR count). The van der Waals surface area contributed by atoms with E-state index in [9.17, 15) is 13.2 Å². The van der Waals surface area contributed by atoms with Gasteiger partial charge in [-0.3, -0.25) is 4.79 Å². The molecule has 0 bridgehead atoms. The molecule has 6 nitrogen and oxygen atoms in total. The van der Waals surface area contributed by atoms with Crippen molar-refractivity contribution >= 4 is 27.3 Å². The van der Waals surface area contributed by atoms with Crippen LogP contribution < -0.4 is 14.8 Å². The Morgan fingerprint density at radius 3 is 2.39 bits per heavy atom. The Morgan fingerprint density at radius 2 is 1.75 bits per heavy atom. The second kappa shape index (κ2) is 8.01. The fraction of sp³-hybridized carbons (Fsp3) is 0.350. The average molecular weight is 424 g/mol. The van der Waals surface area contributed by atoms with Gasteiger partial charge in [0.1, 0.15) is 13.2 Å². The Kier molecular flexibility index (Phi) is 5.86. The Balaban J connectivity index is 1.88. The highest BCUT2D eigenvalue weighted by Crippen LogP contribution is 2.34. The fourth-order valence-electron chi connectivity index (χ4n) is 3.04. The number of ether oxygens (including phenoxy) is 2. The second-order valence-electron chi connectivity index (χ2n) is 7.02. The molecule has 1 aliphatic rings. The largest absolute Gasteiger partial charge is 0.486 e. The van der Waals surface area contributed by atoms with Crippen LogP contribution in [0.3, 0.4) is 0 Å². The molecule has 0 aromatic heterocycles. The molecule has 0 fully saturated rings. The molecule has 1 heterocycles. The first-order valence-corrected chi connectivity index (χ1v) is 11.1. The lowest BCUT2D eigenvalue weighted by atomic mass is 9.95. The molecule has 0 aliphatic carbocycles. The van der Waals surface area contributed by atoms with Crippen molar-refractivity contribution in [1.29, 1.82) is 0 Å². The maximum absolute atomic E-state index is 12.8. The van der Waals surface area contributed by atoms with E-state index in [2.05, 4.69) is 5.32 Å². The molecule has 1 atom stereocenters. The van der Waals surface area contributed by atoms with Gasteiger partial charge in [-0.25, -0.2) is 8.42 Å². The van der Waals surface area contributed by atoms with Crippen molar-refractivity contribution in [3.05, 3.63) is 52.5 Å². The van der Waals surface area contributed by atoms with E-state index in [0.29, 0.717) is 24.7 Å². The van der Waals surface area contributed by atoms with Gasteiger partial charge in [-0.2, -0.15) is 0 Å². The summed E-state index contributed by atoms with van der Waals surface area (Å²) in [5.41, 5.74) is 1.11. The van der Waals surface area contributed by atoms with E-state index >= 15 is 0 Å². The molecule has 2 aromatic carbocycles. The summed E-state index contributed by atoms with van der Waals surface area (Å²) in [4.78, 5) is 12.7. The van der Waals surface area contributed by atoms with Crippen molar-refractivity contribution in [1.82, 2.24) is 5.32 Å². The summed E-state index contributed by atoms with van der Waals surface area (Å²) in [7, 11) is -3.54. The minimum absolute atomic E-state index is 0.0674. The summed E-state index contributed by atoms with van der Waals surface area (Å²) in [5.74, 6) is 1.04. The summed E-state index contributed by atoms with van der Waals surface area (Å²) in [5, 5.41) is 3.07. The standard InChI is InChI=1S/C20H22ClNO5S/c1-12(2)19(13-5-7-16-17(10-13)27-9-8-26-16)22-20(23)14-4-6-15(21)18(11-14)28(3,24)25/h4-7,10-12,19H,8-9H2,1-3H3,(H,22,23)/t19-/m0/s1. The predicted octanol–water partition coefficient (Wildman–Crippen LogP) is 3.64. The summed E-state index contributed by atoms with van der Waals surface area (Å²) in [6, 6.07) is 9.52. The van der Waals surface area contributed by atoms with Gasteiger partial charge in [0.05, 0.1) is 16.0 Å². The van der Waals surface area contributed by atoms with Crippen molar-refractivity contribution < 1.29 is 22.7 Å². The molecule has 1 aliphatic heterocycles. The quantitative estimate of drug-likeness (QED) is 0.793. The zero-order valence-corrected chi connectivity index (χ0v) is 17.4. The zero-order chi connectivity index (χ0) is 20.5. The predicted molar refractivity (Wildman–Crippen MR) is 107 cm³/mol. The number of hydrogen-bond acceptors (Lipinski definition) is 5. The SMILES string of the molecule is CC(C)[C@H](NC(=O)c1ccc(Cl)c(S(C)(=O)=O)c1)c1ccc2c(c1)OCCO2. The third-order valence-corrected chi connectivity index (χ3v) is 6.05. The third-order valence-electron chi connectivity index (χ3n) is 4.47. The molecular formula is C20H22ClNO5S. The van der Waals surface area contributed by atoms with E-state index in [0.717, 1.165) is 11.8 Å². The van der Waals surface area contributed by atoms with Gasteiger partial charge in [0.25, 0.3) is 5.91 Å². The number of carbonyl (C=O) groups excluding carboxylic acids is 1. The number of amides is 1. The number of rotatable bonds is 5. The number of halogens is 1. The van der Waals surface area contributed by atoms with Gasteiger partial charge in [-0.05, 0) is 41.8 Å². The fourth-order valence-corrected chi connectivity index (χ4v) is 4.34. The molecule has 0 saturated heterocycles. The highest BCUT2D eigenvalue weighted by Gasteiger charge is 2.23. The lowest BCUT2D eigenvalue weighted by Gasteiger charge is -2.25. The molecule has 28 heavy (non-hydrogen) atoms. The maximum Gasteiger partial charge on any atom is 0.251 e. The van der Waals surface area contributed by atoms with Gasteiger partial charge in [0, 0.05) is 11.8 Å². The first-order valence-electron chi connectivity index (χ1n) is 8.87. The van der Waals surface area contributed by atoms with Gasteiger partial charge >= 0.3 is 0 Å². The second-order valence-corrected chi connectivity index (χ2v) is 9.41. The highest BCUT2D eigenvalue weighted by atomic mass is 35.5. The van der Waals surface area contributed by atoms with Crippen molar-refractivity contribution in [2.75, 3.05) is 19.5 Å². The topological polar surface area (TPSA) is 81.7 Å². The van der Waals surface area contributed by atoms with Crippen molar-refractivity contribution in [2.24, 2.45) is 5.92 Å². The molecule has 150 valence electrons. The smallest absolute Gasteiger partial charge is 0.251 e. The van der Waals surface area contributed by atoms with E-state index in [1.54, 1.807) is 0 Å². The van der Waals surface area contributed by atoms with Gasteiger partial charge in [-0.1, -0.05) is 31.5 Å². The lowest BCUT2D eigenvalue weighted by molar-refractivity contribution is 0.0925. The number of hydrogen-bond donors (Lipinski definition) is 1. The van der Waals surface area contributed by atoms with Crippen LogP contribution in [0.15, 0.2) is 41.3 Å². The number of benzene rings is 2. The van der Waals surface area contributed by atoms with Gasteiger partial charge in [0.2, 0.25) is 0 Å². The summed E-state index contributed by atoms with van der Waals surface area (Å²) >= 11 is 5.97. The van der Waals surface area contributed by atoms with E-state index in [-0.39, 0.29) is 33.3 Å². The van der Waals surface area contributed by atoms with Crippen LogP contribution in [0.25, 0.3) is 0 Å². The lowest BCUT2D eigenvalue weighted by Crippen LogP contribution is -2.32. The van der Waals surface area contributed by atoms with Gasteiger partial charge in [0.15, 0.2) is 21.3 Å². The molecule has 1 amide bonds. The van der Waals surface area contributed by atoms with Crippen LogP contribution in [0.5, 0.6) is 11.5 Å². The number of carbonyl (C=O) groups is 1. The Morgan fingerprint density at radius 1 is 1.07 bits per heavy atom. The number of nitrogens with one attached hydrogen (secondary N) is 1. The molecule has 0 spiro atoms. The first kappa shape index (κ1) is 20.5. The molecular weight excluding hydrogens is 402 g/mol. The van der Waals surface area contributed by atoms with Crippen LogP contribution in [0.1, 0.15) is 35.8 Å². The number of fused-ring (bicyclic) bond motifs is 1. The Bertz CT molecular complexity index is 1000. The van der Waals surface area contributed by atoms with E-state index < -0.39 is 9.84 Å². The Labute approximate surface area is 169 Å². The average Bonchev–Trinajstić information content (AvgIpc) is 2.64. The van der Waals surface area contributed by atoms with E-state index in [1.807, 2.05) is 32.0 Å². The van der Waals surface area contributed by atoms with Crippen LogP contribution in [0.4, 0.5) is 0 Å². The van der Waals surface area contributed by atoms with Crippen molar-refractivity contribution in [3.8, 4) is 11.5 Å². The van der Waals surface area contributed by atoms with Crippen molar-refractivity contribution in [2.45, 2.75) is 24.8 Å². The molecule has 0 saturated carbocycles. The maximum atomic E-state index is 12.8. The molecule has 0 radical (unpaired) electrons. The Hall–Kier alpha value is -2.25. The third kappa shape index (κ3) is 4.42. The first-order chi connectivity index (χ1) is 13.2. The van der Waals surface area contributed by atoms with Crippen LogP contribution in [-0.4, -0.2) is 33.8 Å². The minimum Gasteiger partial charge on any atom is -0.486 e. The molecule has 8 heteroatoms. The summed E-state index contributed by atoms with van der Waals surface area (Å²) in [6.07, 6.45) is 1.06. The van der Waals surface area contributed by atoms with Gasteiger partial charge in [-0.15, -0.1) is 0 Å². The van der Waals surface area contributed by atoms with Crippen LogP contribution in [-0.2, 0) is 9.84 Å². The molecule has 0 unspecified atom stereocenters. The monoisotopic (exact) mass is 423 g/mol. The van der Waals surface area contributed by atoms with Crippen molar-refractivity contribution in [3.63, 3.8) is 0 Å². The molecule has 1 N–H and O–H groups in total. The minimum atomic E-state index is -3.54. The van der Waals surface area contributed by atoms with Gasteiger partial charge < -0.3 is 14.8 Å². The summed E-state index contributed by atoms with van der Waals surface area (Å²) < 4.78 is 34.9. The van der Waals surface area contributed by atoms with E-state index in [4.69, 9.17) is 21.1 Å². The molecule has 2 aromatic rings. The normalized spacial score (nSPS) is 14.6. The highest BCUT2D eigenvalue weighted by molar-refractivity contribution is 7.90. The zero-order valence-electron chi connectivity index (χ0n) is 15.9. The van der Waals surface area contributed by atoms with Crippen LogP contribution >= 0.6 is 11.6 Å². The van der Waals surface area contributed by atoms with Crippen LogP contribution in [0.2, 0.25) is 5.02 Å². The van der Waals surface area contributed by atoms with E-state index in [1.165, 1.54) is 18.2 Å². The summed E-state index contributed by atoms with van der Waals surface area (Å²) in [6.45, 7) is 4.97.